The van der Waals surface area contributed by atoms with Crippen molar-refractivity contribution in [3.63, 3.8) is 0 Å². The van der Waals surface area contributed by atoms with Gasteiger partial charge in [0.25, 0.3) is 0 Å². The fraction of sp³-hybridized carbons (Fsp3) is 0.111. The van der Waals surface area contributed by atoms with Crippen LogP contribution < -0.4 is 10.6 Å². The lowest BCUT2D eigenvalue weighted by atomic mass is 10.2. The molecule has 0 bridgehead atoms. The van der Waals surface area contributed by atoms with Gasteiger partial charge in [0.1, 0.15) is 0 Å². The first-order valence-corrected chi connectivity index (χ1v) is 8.12. The van der Waals surface area contributed by atoms with E-state index in [1.807, 2.05) is 35.0 Å². The summed E-state index contributed by atoms with van der Waals surface area (Å²) in [6, 6.07) is 12.6. The molecule has 0 spiro atoms. The van der Waals surface area contributed by atoms with E-state index < -0.39 is 11.7 Å². The van der Waals surface area contributed by atoms with Crippen LogP contribution in [0.1, 0.15) is 11.1 Å². The van der Waals surface area contributed by atoms with Crippen LogP contribution in [0, 0.1) is 0 Å². The first-order valence-electron chi connectivity index (χ1n) is 7.71. The second kappa shape index (κ2) is 7.57. The molecule has 0 radical (unpaired) electrons. The Bertz CT molecular complexity index is 857. The minimum atomic E-state index is -4.35. The summed E-state index contributed by atoms with van der Waals surface area (Å²) >= 11 is 5.18. The van der Waals surface area contributed by atoms with E-state index in [4.69, 9.17) is 12.2 Å². The number of rotatable bonds is 4. The van der Waals surface area contributed by atoms with E-state index in [0.717, 1.165) is 23.4 Å². The molecule has 0 aliphatic carbocycles. The SMILES string of the molecule is FC(F)(F)c1ccc(NC(=S)NCc2ccc(-n3ccnc3)cc2)cc1. The lowest BCUT2D eigenvalue weighted by Crippen LogP contribution is -2.27. The maximum Gasteiger partial charge on any atom is 0.416 e. The zero-order valence-electron chi connectivity index (χ0n) is 13.5. The molecule has 8 heteroatoms. The fourth-order valence-electron chi connectivity index (χ4n) is 2.30. The predicted octanol–water partition coefficient (Wildman–Crippen LogP) is 4.38. The molecule has 0 fully saturated rings. The van der Waals surface area contributed by atoms with Crippen molar-refractivity contribution < 1.29 is 13.2 Å². The normalized spacial score (nSPS) is 11.2. The minimum absolute atomic E-state index is 0.337. The number of aromatic nitrogens is 2. The van der Waals surface area contributed by atoms with Gasteiger partial charge in [-0.1, -0.05) is 12.1 Å². The number of nitrogens with zero attached hydrogens (tertiary/aromatic N) is 2. The third kappa shape index (κ3) is 4.60. The van der Waals surface area contributed by atoms with E-state index in [9.17, 15) is 13.2 Å². The molecule has 0 saturated heterocycles. The Hall–Kier alpha value is -2.87. The zero-order chi connectivity index (χ0) is 18.6. The van der Waals surface area contributed by atoms with Gasteiger partial charge >= 0.3 is 6.18 Å². The number of nitrogens with one attached hydrogen (secondary N) is 2. The van der Waals surface area contributed by atoms with Gasteiger partial charge in [-0.15, -0.1) is 0 Å². The molecule has 0 aliphatic rings. The number of hydrogen-bond acceptors (Lipinski definition) is 2. The van der Waals surface area contributed by atoms with Crippen LogP contribution in [0.3, 0.4) is 0 Å². The highest BCUT2D eigenvalue weighted by molar-refractivity contribution is 7.80. The second-order valence-electron chi connectivity index (χ2n) is 5.52. The number of benzene rings is 2. The van der Waals surface area contributed by atoms with Gasteiger partial charge < -0.3 is 15.2 Å². The Balaban J connectivity index is 1.52. The van der Waals surface area contributed by atoms with Gasteiger partial charge in [-0.05, 0) is 54.2 Å². The smallest absolute Gasteiger partial charge is 0.358 e. The molecule has 0 amide bonds. The van der Waals surface area contributed by atoms with Gasteiger partial charge in [0.05, 0.1) is 11.9 Å². The maximum atomic E-state index is 12.5. The summed E-state index contributed by atoms with van der Waals surface area (Å²) in [5.41, 5.74) is 1.81. The number of alkyl halides is 3. The molecule has 0 aliphatic heterocycles. The summed E-state index contributed by atoms with van der Waals surface area (Å²) in [6.07, 6.45) is 0.938. The van der Waals surface area contributed by atoms with Crippen molar-refractivity contribution in [2.24, 2.45) is 0 Å². The molecule has 4 nitrogen and oxygen atoms in total. The summed E-state index contributed by atoms with van der Waals surface area (Å²) in [5.74, 6) is 0. The van der Waals surface area contributed by atoms with E-state index in [-0.39, 0.29) is 0 Å². The fourth-order valence-corrected chi connectivity index (χ4v) is 2.49. The average molecular weight is 376 g/mol. The van der Waals surface area contributed by atoms with Gasteiger partial charge in [0, 0.05) is 30.3 Å². The summed E-state index contributed by atoms with van der Waals surface area (Å²) in [6.45, 7) is 0.497. The quantitative estimate of drug-likeness (QED) is 0.663. The lowest BCUT2D eigenvalue weighted by Gasteiger charge is -2.12. The van der Waals surface area contributed by atoms with Crippen molar-refractivity contribution in [3.8, 4) is 5.69 Å². The standard InChI is InChI=1S/C18H15F3N4S/c19-18(20,21)14-3-5-15(6-4-14)24-17(26)23-11-13-1-7-16(8-2-13)25-10-9-22-12-25/h1-10,12H,11H2,(H2,23,24,26). The van der Waals surface area contributed by atoms with Crippen LogP contribution in [0.4, 0.5) is 18.9 Å². The average Bonchev–Trinajstić information content (AvgIpc) is 3.15. The molecule has 0 atom stereocenters. The molecule has 3 rings (SSSR count). The highest BCUT2D eigenvalue weighted by Gasteiger charge is 2.29. The maximum absolute atomic E-state index is 12.5. The van der Waals surface area contributed by atoms with Crippen LogP contribution in [0.15, 0.2) is 67.3 Å². The van der Waals surface area contributed by atoms with Crippen molar-refractivity contribution in [2.45, 2.75) is 12.7 Å². The van der Waals surface area contributed by atoms with Crippen LogP contribution in [0.25, 0.3) is 5.69 Å². The van der Waals surface area contributed by atoms with Gasteiger partial charge in [-0.3, -0.25) is 0 Å². The Morgan fingerprint density at radius 3 is 2.31 bits per heavy atom. The van der Waals surface area contributed by atoms with Crippen molar-refractivity contribution >= 4 is 23.0 Å². The number of halogens is 3. The highest BCUT2D eigenvalue weighted by Crippen LogP contribution is 2.29. The lowest BCUT2D eigenvalue weighted by molar-refractivity contribution is -0.137. The molecule has 3 aromatic rings. The Labute approximate surface area is 153 Å². The second-order valence-corrected chi connectivity index (χ2v) is 5.93. The minimum Gasteiger partial charge on any atom is -0.358 e. The number of hydrogen-bond donors (Lipinski definition) is 2. The van der Waals surface area contributed by atoms with Crippen molar-refractivity contribution in [2.75, 3.05) is 5.32 Å². The molecule has 0 unspecified atom stereocenters. The topological polar surface area (TPSA) is 41.9 Å². The molecule has 2 N–H and O–H groups in total. The van der Waals surface area contributed by atoms with E-state index in [2.05, 4.69) is 15.6 Å². The van der Waals surface area contributed by atoms with Crippen LogP contribution in [0.2, 0.25) is 0 Å². The summed E-state index contributed by atoms with van der Waals surface area (Å²) in [4.78, 5) is 4.00. The Morgan fingerprint density at radius 2 is 1.73 bits per heavy atom. The van der Waals surface area contributed by atoms with Gasteiger partial charge in [-0.2, -0.15) is 13.2 Å². The first kappa shape index (κ1) is 17.9. The molecule has 2 aromatic carbocycles. The molecule has 1 aromatic heterocycles. The Morgan fingerprint density at radius 1 is 1.04 bits per heavy atom. The molecule has 134 valence electrons. The predicted molar refractivity (Wildman–Crippen MR) is 98.1 cm³/mol. The van der Waals surface area contributed by atoms with Crippen LogP contribution in [-0.4, -0.2) is 14.7 Å². The summed E-state index contributed by atoms with van der Waals surface area (Å²) < 4.78 is 39.5. The van der Waals surface area contributed by atoms with Gasteiger partial charge in [0.2, 0.25) is 0 Å². The van der Waals surface area contributed by atoms with Gasteiger partial charge in [0.15, 0.2) is 5.11 Å². The largest absolute Gasteiger partial charge is 0.416 e. The van der Waals surface area contributed by atoms with E-state index in [1.54, 1.807) is 12.5 Å². The van der Waals surface area contributed by atoms with Gasteiger partial charge in [-0.25, -0.2) is 4.98 Å². The first-order chi connectivity index (χ1) is 12.4. The molecular formula is C18H15F3N4S. The van der Waals surface area contributed by atoms with Crippen LogP contribution in [0.5, 0.6) is 0 Å². The molecular weight excluding hydrogens is 361 g/mol. The van der Waals surface area contributed by atoms with E-state index in [1.165, 1.54) is 12.1 Å². The third-order valence-electron chi connectivity index (χ3n) is 3.66. The van der Waals surface area contributed by atoms with Crippen molar-refractivity contribution in [3.05, 3.63) is 78.4 Å². The van der Waals surface area contributed by atoms with Crippen LogP contribution >= 0.6 is 12.2 Å². The highest BCUT2D eigenvalue weighted by atomic mass is 32.1. The van der Waals surface area contributed by atoms with E-state index >= 15 is 0 Å². The number of anilines is 1. The third-order valence-corrected chi connectivity index (χ3v) is 3.91. The van der Waals surface area contributed by atoms with Crippen LogP contribution in [-0.2, 0) is 12.7 Å². The monoisotopic (exact) mass is 376 g/mol. The Kier molecular flexibility index (Phi) is 5.22. The number of imidazole rings is 1. The summed E-state index contributed by atoms with van der Waals surface area (Å²) in [5, 5.41) is 6.23. The zero-order valence-corrected chi connectivity index (χ0v) is 14.3. The van der Waals surface area contributed by atoms with Crippen molar-refractivity contribution in [1.29, 1.82) is 0 Å². The van der Waals surface area contributed by atoms with Crippen molar-refractivity contribution in [1.82, 2.24) is 14.9 Å². The molecule has 0 saturated carbocycles. The molecule has 26 heavy (non-hydrogen) atoms. The molecule has 1 heterocycles. The van der Waals surface area contributed by atoms with E-state index in [0.29, 0.717) is 17.3 Å². The summed E-state index contributed by atoms with van der Waals surface area (Å²) in [7, 11) is 0. The number of thiocarbonyl (C=S) groups is 1.